The Morgan fingerprint density at radius 1 is 1.57 bits per heavy atom. The quantitative estimate of drug-likeness (QED) is 0.690. The van der Waals surface area contributed by atoms with E-state index in [-0.39, 0.29) is 6.10 Å². The third kappa shape index (κ3) is 2.46. The van der Waals surface area contributed by atoms with Crippen LogP contribution in [0.25, 0.3) is 0 Å². The average molecular weight is 196 g/mol. The zero-order valence-electron chi connectivity index (χ0n) is 9.53. The van der Waals surface area contributed by atoms with Gasteiger partial charge in [0.2, 0.25) is 0 Å². The van der Waals surface area contributed by atoms with Crippen molar-refractivity contribution in [1.29, 1.82) is 5.26 Å². The predicted octanol–water partition coefficient (Wildman–Crippen LogP) is 1.79. The molecule has 0 amide bonds. The summed E-state index contributed by atoms with van der Waals surface area (Å²) in [6.07, 6.45) is 2.31. The van der Waals surface area contributed by atoms with Crippen LogP contribution >= 0.6 is 0 Å². The maximum absolute atomic E-state index is 8.64. The number of likely N-dealkylation sites (N-methyl/N-ethyl adjacent to an activating group) is 1. The van der Waals surface area contributed by atoms with Crippen LogP contribution in [0.5, 0.6) is 0 Å². The van der Waals surface area contributed by atoms with E-state index in [1.54, 1.807) is 0 Å². The van der Waals surface area contributed by atoms with Crippen molar-refractivity contribution in [2.24, 2.45) is 0 Å². The Hall–Kier alpha value is -0.590. The lowest BCUT2D eigenvalue weighted by Gasteiger charge is -2.30. The summed E-state index contributed by atoms with van der Waals surface area (Å²) in [6, 6.07) is 3.00. The van der Waals surface area contributed by atoms with Crippen molar-refractivity contribution >= 4 is 0 Å². The van der Waals surface area contributed by atoms with Crippen LogP contribution in [0.3, 0.4) is 0 Å². The van der Waals surface area contributed by atoms with Gasteiger partial charge in [0.05, 0.1) is 24.7 Å². The monoisotopic (exact) mass is 196 g/mol. The van der Waals surface area contributed by atoms with Crippen molar-refractivity contribution in [1.82, 2.24) is 4.90 Å². The lowest BCUT2D eigenvalue weighted by Crippen LogP contribution is -2.42. The first-order chi connectivity index (χ1) is 6.56. The molecule has 0 radical (unpaired) electrons. The molecule has 0 aliphatic carbocycles. The summed E-state index contributed by atoms with van der Waals surface area (Å²) in [5.41, 5.74) is 0. The fraction of sp³-hybridized carbons (Fsp3) is 0.909. The summed E-state index contributed by atoms with van der Waals surface area (Å²) in [5.74, 6) is 0. The summed E-state index contributed by atoms with van der Waals surface area (Å²) in [4.78, 5) is 2.28. The molecular weight excluding hydrogens is 176 g/mol. The number of hydrogen-bond acceptors (Lipinski definition) is 3. The molecule has 3 heteroatoms. The summed E-state index contributed by atoms with van der Waals surface area (Å²) < 4.78 is 5.70. The number of hydrogen-bond donors (Lipinski definition) is 0. The Morgan fingerprint density at radius 3 is 2.64 bits per heavy atom. The SMILES string of the molecule is CC1CC(N(C)C(C)CC#N)C(C)O1. The highest BCUT2D eigenvalue weighted by Crippen LogP contribution is 2.25. The van der Waals surface area contributed by atoms with Crippen LogP contribution in [0.4, 0.5) is 0 Å². The Morgan fingerprint density at radius 2 is 2.21 bits per heavy atom. The Balaban J connectivity index is 2.52. The predicted molar refractivity (Wildman–Crippen MR) is 55.9 cm³/mol. The zero-order valence-corrected chi connectivity index (χ0v) is 9.53. The second-order valence-electron chi connectivity index (χ2n) is 4.33. The molecule has 1 saturated heterocycles. The fourth-order valence-corrected chi connectivity index (χ4v) is 2.14. The molecule has 14 heavy (non-hydrogen) atoms. The van der Waals surface area contributed by atoms with Crippen LogP contribution < -0.4 is 0 Å². The minimum Gasteiger partial charge on any atom is -0.374 e. The molecule has 3 nitrogen and oxygen atoms in total. The smallest absolute Gasteiger partial charge is 0.0706 e. The summed E-state index contributed by atoms with van der Waals surface area (Å²) in [6.45, 7) is 6.32. The van der Waals surface area contributed by atoms with Crippen LogP contribution in [0, 0.1) is 11.3 Å². The molecule has 1 fully saturated rings. The molecule has 1 aliphatic heterocycles. The Bertz CT molecular complexity index is 224. The Kier molecular flexibility index (Phi) is 3.91. The standard InChI is InChI=1S/C11H20N2O/c1-8(5-6-12)13(4)11-7-9(2)14-10(11)3/h8-11H,5,7H2,1-4H3. The van der Waals surface area contributed by atoms with E-state index in [2.05, 4.69) is 38.8 Å². The van der Waals surface area contributed by atoms with Gasteiger partial charge in [0.1, 0.15) is 0 Å². The van der Waals surface area contributed by atoms with Crippen LogP contribution in [0.15, 0.2) is 0 Å². The number of nitriles is 1. The molecule has 1 heterocycles. The van der Waals surface area contributed by atoms with Crippen molar-refractivity contribution in [3.8, 4) is 6.07 Å². The van der Waals surface area contributed by atoms with Gasteiger partial charge in [-0.05, 0) is 34.2 Å². The maximum Gasteiger partial charge on any atom is 0.0706 e. The molecule has 4 atom stereocenters. The van der Waals surface area contributed by atoms with E-state index < -0.39 is 0 Å². The van der Waals surface area contributed by atoms with Gasteiger partial charge in [-0.3, -0.25) is 4.90 Å². The lowest BCUT2D eigenvalue weighted by molar-refractivity contribution is 0.0394. The van der Waals surface area contributed by atoms with Crippen molar-refractivity contribution in [3.63, 3.8) is 0 Å². The van der Waals surface area contributed by atoms with Crippen molar-refractivity contribution in [2.75, 3.05) is 7.05 Å². The van der Waals surface area contributed by atoms with E-state index in [0.717, 1.165) is 6.42 Å². The molecule has 1 aliphatic rings. The van der Waals surface area contributed by atoms with E-state index in [1.165, 1.54) is 0 Å². The minimum atomic E-state index is 0.288. The maximum atomic E-state index is 8.64. The van der Waals surface area contributed by atoms with Gasteiger partial charge in [0.25, 0.3) is 0 Å². The van der Waals surface area contributed by atoms with Crippen LogP contribution in [0.1, 0.15) is 33.6 Å². The van der Waals surface area contributed by atoms with Crippen LogP contribution in [0.2, 0.25) is 0 Å². The molecule has 0 aromatic rings. The third-order valence-electron chi connectivity index (χ3n) is 3.17. The second-order valence-corrected chi connectivity index (χ2v) is 4.33. The van der Waals surface area contributed by atoms with E-state index in [9.17, 15) is 0 Å². The highest BCUT2D eigenvalue weighted by molar-refractivity contribution is 4.89. The molecule has 0 N–H and O–H groups in total. The van der Waals surface area contributed by atoms with Gasteiger partial charge in [-0.2, -0.15) is 5.26 Å². The molecule has 0 bridgehead atoms. The number of nitrogens with zero attached hydrogens (tertiary/aromatic N) is 2. The number of rotatable bonds is 3. The van der Waals surface area contributed by atoms with E-state index in [4.69, 9.17) is 10.00 Å². The highest BCUT2D eigenvalue weighted by Gasteiger charge is 2.33. The molecule has 0 saturated carbocycles. The summed E-state index contributed by atoms with van der Waals surface area (Å²) in [5, 5.41) is 8.64. The largest absolute Gasteiger partial charge is 0.374 e. The lowest BCUT2D eigenvalue weighted by atomic mass is 10.1. The summed E-state index contributed by atoms with van der Waals surface area (Å²) in [7, 11) is 2.09. The van der Waals surface area contributed by atoms with E-state index in [1.807, 2.05) is 0 Å². The molecule has 4 unspecified atom stereocenters. The zero-order chi connectivity index (χ0) is 10.7. The Labute approximate surface area is 86.6 Å². The minimum absolute atomic E-state index is 0.288. The first kappa shape index (κ1) is 11.5. The van der Waals surface area contributed by atoms with Gasteiger partial charge in [0, 0.05) is 12.1 Å². The van der Waals surface area contributed by atoms with Crippen molar-refractivity contribution < 1.29 is 4.74 Å². The van der Waals surface area contributed by atoms with Gasteiger partial charge in [-0.15, -0.1) is 0 Å². The van der Waals surface area contributed by atoms with E-state index >= 15 is 0 Å². The van der Waals surface area contributed by atoms with Gasteiger partial charge >= 0.3 is 0 Å². The molecular formula is C11H20N2O. The third-order valence-corrected chi connectivity index (χ3v) is 3.17. The molecule has 0 spiro atoms. The first-order valence-electron chi connectivity index (χ1n) is 5.30. The fourth-order valence-electron chi connectivity index (χ4n) is 2.14. The van der Waals surface area contributed by atoms with Crippen LogP contribution in [-0.2, 0) is 4.74 Å². The van der Waals surface area contributed by atoms with Crippen LogP contribution in [-0.4, -0.2) is 36.2 Å². The molecule has 0 aromatic heterocycles. The normalized spacial score (nSPS) is 34.4. The van der Waals surface area contributed by atoms with Gasteiger partial charge < -0.3 is 4.74 Å². The van der Waals surface area contributed by atoms with Crippen molar-refractivity contribution in [2.45, 2.75) is 57.9 Å². The summed E-state index contributed by atoms with van der Waals surface area (Å²) >= 11 is 0. The topological polar surface area (TPSA) is 36.3 Å². The van der Waals surface area contributed by atoms with Gasteiger partial charge in [-0.1, -0.05) is 0 Å². The molecule has 1 rings (SSSR count). The number of ether oxygens (including phenoxy) is 1. The highest BCUT2D eigenvalue weighted by atomic mass is 16.5. The van der Waals surface area contributed by atoms with Gasteiger partial charge in [0.15, 0.2) is 0 Å². The molecule has 80 valence electrons. The van der Waals surface area contributed by atoms with E-state index in [0.29, 0.717) is 24.6 Å². The average Bonchev–Trinajstić information content (AvgIpc) is 2.44. The second kappa shape index (κ2) is 4.77. The first-order valence-corrected chi connectivity index (χ1v) is 5.30. The van der Waals surface area contributed by atoms with Gasteiger partial charge in [-0.25, -0.2) is 0 Å². The van der Waals surface area contributed by atoms with Crippen molar-refractivity contribution in [3.05, 3.63) is 0 Å². The molecule has 0 aromatic carbocycles.